The predicted octanol–water partition coefficient (Wildman–Crippen LogP) is 2.52. The van der Waals surface area contributed by atoms with Gasteiger partial charge in [0.05, 0.1) is 37.3 Å². The Morgan fingerprint density at radius 1 is 0.964 bits per heavy atom. The minimum absolute atomic E-state index is 0.335. The summed E-state index contributed by atoms with van der Waals surface area (Å²) in [4.78, 5) is 24.9. The van der Waals surface area contributed by atoms with E-state index in [1.54, 1.807) is 0 Å². The molecule has 0 spiro atoms. The molecule has 0 radical (unpaired) electrons. The Kier molecular flexibility index (Phi) is 5.13. The Morgan fingerprint density at radius 2 is 1.43 bits per heavy atom. The number of rotatable bonds is 3. The molecule has 28 heavy (non-hydrogen) atoms. The third-order valence-corrected chi connectivity index (χ3v) is 6.57. The second-order valence-corrected chi connectivity index (χ2v) is 8.71. The van der Waals surface area contributed by atoms with Crippen LogP contribution in [0.5, 0.6) is 0 Å². The number of hydrogen-bond donors (Lipinski definition) is 0. The molecular formula is C21H29BO6. The van der Waals surface area contributed by atoms with Crippen LogP contribution in [0.25, 0.3) is 0 Å². The molecule has 3 rings (SSSR count). The lowest BCUT2D eigenvalue weighted by Crippen LogP contribution is -2.41. The van der Waals surface area contributed by atoms with Crippen molar-refractivity contribution in [1.82, 2.24) is 0 Å². The largest absolute Gasteiger partial charge is 0.495 e. The van der Waals surface area contributed by atoms with Gasteiger partial charge in [0, 0.05) is 0 Å². The molecule has 0 saturated carbocycles. The second kappa shape index (κ2) is 6.88. The van der Waals surface area contributed by atoms with Crippen LogP contribution < -0.4 is 5.46 Å². The van der Waals surface area contributed by atoms with Gasteiger partial charge in [0.15, 0.2) is 0 Å². The van der Waals surface area contributed by atoms with E-state index in [1.807, 2.05) is 47.6 Å². The number of methoxy groups -OCH3 is 2. The van der Waals surface area contributed by atoms with Crippen LogP contribution in [0.1, 0.15) is 68.2 Å². The molecule has 1 aliphatic heterocycles. The number of carbonyl (C=O) groups excluding carboxylic acids is 2. The molecule has 1 heterocycles. The molecule has 1 saturated heterocycles. The number of esters is 2. The summed E-state index contributed by atoms with van der Waals surface area (Å²) in [7, 11) is 2.20. The maximum Gasteiger partial charge on any atom is 0.495 e. The van der Waals surface area contributed by atoms with Crippen LogP contribution >= 0.6 is 0 Å². The van der Waals surface area contributed by atoms with E-state index >= 15 is 0 Å². The normalized spacial score (nSPS) is 24.8. The predicted molar refractivity (Wildman–Crippen MR) is 106 cm³/mol. The SMILES string of the molecule is COC(=O)C1CC(C(=O)OC)c2c(C)c(B3OC(C)(C)C(C)(C)O3)cc(C)c21. The fourth-order valence-electron chi connectivity index (χ4n) is 4.30. The van der Waals surface area contributed by atoms with Gasteiger partial charge in [-0.2, -0.15) is 0 Å². The van der Waals surface area contributed by atoms with Crippen molar-refractivity contribution in [3.05, 3.63) is 28.3 Å². The summed E-state index contributed by atoms with van der Waals surface area (Å²) in [5, 5.41) is 0. The first-order valence-corrected chi connectivity index (χ1v) is 9.60. The third-order valence-electron chi connectivity index (χ3n) is 6.57. The number of aryl methyl sites for hydroxylation is 1. The van der Waals surface area contributed by atoms with Crippen LogP contribution in [-0.2, 0) is 28.4 Å². The van der Waals surface area contributed by atoms with E-state index in [9.17, 15) is 9.59 Å². The lowest BCUT2D eigenvalue weighted by atomic mass is 9.72. The van der Waals surface area contributed by atoms with Crippen LogP contribution in [0, 0.1) is 13.8 Å². The van der Waals surface area contributed by atoms with Crippen LogP contribution in [0.2, 0.25) is 0 Å². The van der Waals surface area contributed by atoms with E-state index < -0.39 is 30.2 Å². The molecule has 2 aliphatic rings. The van der Waals surface area contributed by atoms with Crippen molar-refractivity contribution in [2.75, 3.05) is 14.2 Å². The van der Waals surface area contributed by atoms with Crippen molar-refractivity contribution < 1.29 is 28.4 Å². The van der Waals surface area contributed by atoms with Crippen molar-refractivity contribution in [3.8, 4) is 0 Å². The van der Waals surface area contributed by atoms with Gasteiger partial charge >= 0.3 is 19.1 Å². The lowest BCUT2D eigenvalue weighted by molar-refractivity contribution is -0.144. The highest BCUT2D eigenvalue weighted by Gasteiger charge is 2.53. The minimum Gasteiger partial charge on any atom is -0.469 e. The molecule has 0 bridgehead atoms. The molecule has 2 atom stereocenters. The summed E-state index contributed by atoms with van der Waals surface area (Å²) in [6.07, 6.45) is 0.350. The van der Waals surface area contributed by atoms with Crippen molar-refractivity contribution in [2.45, 2.75) is 71.0 Å². The summed E-state index contributed by atoms with van der Waals surface area (Å²) in [5.74, 6) is -1.67. The molecule has 6 nitrogen and oxygen atoms in total. The Hall–Kier alpha value is -1.86. The van der Waals surface area contributed by atoms with Gasteiger partial charge in [-0.1, -0.05) is 6.07 Å². The van der Waals surface area contributed by atoms with Crippen LogP contribution in [0.15, 0.2) is 6.07 Å². The zero-order chi connectivity index (χ0) is 21.0. The van der Waals surface area contributed by atoms with Crippen molar-refractivity contribution in [3.63, 3.8) is 0 Å². The third kappa shape index (κ3) is 3.05. The van der Waals surface area contributed by atoms with Gasteiger partial charge in [-0.15, -0.1) is 0 Å². The first-order valence-electron chi connectivity index (χ1n) is 9.60. The van der Waals surface area contributed by atoms with Gasteiger partial charge < -0.3 is 18.8 Å². The van der Waals surface area contributed by atoms with Gasteiger partial charge in [0.25, 0.3) is 0 Å². The molecule has 152 valence electrons. The standard InChI is InChI=1S/C21H29BO6/c1-11-9-15(22-27-20(3,4)21(5,6)28-22)12(2)17-14(19(24)26-8)10-13(16(11)17)18(23)25-7/h9,13-14H,10H2,1-8H3. The molecule has 0 aromatic heterocycles. The number of hydrogen-bond acceptors (Lipinski definition) is 6. The van der Waals surface area contributed by atoms with Crippen molar-refractivity contribution in [1.29, 1.82) is 0 Å². The van der Waals surface area contributed by atoms with Gasteiger partial charge in [-0.25, -0.2) is 0 Å². The van der Waals surface area contributed by atoms with Crippen LogP contribution in [0.3, 0.4) is 0 Å². The van der Waals surface area contributed by atoms with E-state index in [-0.39, 0.29) is 11.9 Å². The van der Waals surface area contributed by atoms with Gasteiger partial charge in [-0.3, -0.25) is 9.59 Å². The quantitative estimate of drug-likeness (QED) is 0.586. The van der Waals surface area contributed by atoms with Gasteiger partial charge in [0.1, 0.15) is 0 Å². The molecule has 2 unspecified atom stereocenters. The number of carbonyl (C=O) groups is 2. The van der Waals surface area contributed by atoms with Crippen molar-refractivity contribution >= 4 is 24.5 Å². The van der Waals surface area contributed by atoms with Crippen LogP contribution in [0.4, 0.5) is 0 Å². The average molecular weight is 388 g/mol. The topological polar surface area (TPSA) is 71.1 Å². The summed E-state index contributed by atoms with van der Waals surface area (Å²) in [6.45, 7) is 11.9. The number of ether oxygens (including phenoxy) is 2. The minimum atomic E-state index is -0.538. The maximum absolute atomic E-state index is 12.5. The first kappa shape index (κ1) is 20.9. The highest BCUT2D eigenvalue weighted by molar-refractivity contribution is 6.62. The number of benzene rings is 1. The monoisotopic (exact) mass is 388 g/mol. The highest BCUT2D eigenvalue weighted by atomic mass is 16.7. The van der Waals surface area contributed by atoms with Crippen LogP contribution in [-0.4, -0.2) is 44.5 Å². The Bertz CT molecular complexity index is 813. The molecule has 0 N–H and O–H groups in total. The van der Waals surface area contributed by atoms with E-state index in [4.69, 9.17) is 18.8 Å². The highest BCUT2D eigenvalue weighted by Crippen LogP contribution is 2.46. The zero-order valence-electron chi connectivity index (χ0n) is 18.0. The van der Waals surface area contributed by atoms with E-state index in [0.717, 1.165) is 27.7 Å². The first-order chi connectivity index (χ1) is 12.9. The van der Waals surface area contributed by atoms with E-state index in [0.29, 0.717) is 6.42 Å². The molecule has 1 aromatic carbocycles. The second-order valence-electron chi connectivity index (χ2n) is 8.71. The summed E-state index contributed by atoms with van der Waals surface area (Å²) in [5.41, 5.74) is 3.48. The maximum atomic E-state index is 12.5. The fourth-order valence-corrected chi connectivity index (χ4v) is 4.30. The number of fused-ring (bicyclic) bond motifs is 1. The zero-order valence-corrected chi connectivity index (χ0v) is 18.0. The smallest absolute Gasteiger partial charge is 0.469 e. The summed E-state index contributed by atoms with van der Waals surface area (Å²) >= 11 is 0. The molecule has 0 amide bonds. The van der Waals surface area contributed by atoms with E-state index in [1.165, 1.54) is 14.2 Å². The Morgan fingerprint density at radius 3 is 1.89 bits per heavy atom. The van der Waals surface area contributed by atoms with Gasteiger partial charge in [0.2, 0.25) is 0 Å². The van der Waals surface area contributed by atoms with Gasteiger partial charge in [-0.05, 0) is 75.7 Å². The molecule has 1 aromatic rings. The molecule has 1 aliphatic carbocycles. The average Bonchev–Trinajstić information content (AvgIpc) is 3.12. The summed E-state index contributed by atoms with van der Waals surface area (Å²) < 4.78 is 22.5. The van der Waals surface area contributed by atoms with Crippen molar-refractivity contribution in [2.24, 2.45) is 0 Å². The molecule has 7 heteroatoms. The Labute approximate surface area is 167 Å². The lowest BCUT2D eigenvalue weighted by Gasteiger charge is -2.32. The summed E-state index contributed by atoms with van der Waals surface area (Å²) in [6, 6.07) is 2.01. The van der Waals surface area contributed by atoms with E-state index in [2.05, 4.69) is 0 Å². The molecular weight excluding hydrogens is 359 g/mol. The Balaban J connectivity index is 2.15. The fraction of sp³-hybridized carbons (Fsp3) is 0.619. The molecule has 1 fully saturated rings.